The van der Waals surface area contributed by atoms with Crippen LogP contribution in [0.4, 0.5) is 0 Å². The number of halogens is 1. The zero-order valence-corrected chi connectivity index (χ0v) is 18.4. The molecular weight excluding hydrogens is 416 g/mol. The van der Waals surface area contributed by atoms with E-state index in [0.717, 1.165) is 46.3 Å². The molecule has 152 valence electrons. The molecule has 1 aliphatic carbocycles. The second kappa shape index (κ2) is 7.25. The van der Waals surface area contributed by atoms with Crippen molar-refractivity contribution in [1.29, 1.82) is 0 Å². The Kier molecular flexibility index (Phi) is 4.68. The van der Waals surface area contributed by atoms with E-state index < -0.39 is 0 Å². The summed E-state index contributed by atoms with van der Waals surface area (Å²) in [6, 6.07) is 13.2. The largest absolute Gasteiger partial charge is 0.337 e. The number of hydrogen-bond donors (Lipinski definition) is 0. The molecular formula is C24H21ClN2O2S. The highest BCUT2D eigenvalue weighted by Gasteiger charge is 2.25. The van der Waals surface area contributed by atoms with E-state index >= 15 is 0 Å². The van der Waals surface area contributed by atoms with Gasteiger partial charge in [-0.25, -0.2) is 9.36 Å². The van der Waals surface area contributed by atoms with Gasteiger partial charge in [0.1, 0.15) is 4.83 Å². The van der Waals surface area contributed by atoms with Gasteiger partial charge in [-0.05, 0) is 79.6 Å². The fourth-order valence-electron chi connectivity index (χ4n) is 4.21. The summed E-state index contributed by atoms with van der Waals surface area (Å²) in [6.45, 7) is 4.42. The number of nitrogens with zero attached hydrogens (tertiary/aromatic N) is 2. The second-order valence-corrected chi connectivity index (χ2v) is 9.46. The molecule has 0 aliphatic heterocycles. The van der Waals surface area contributed by atoms with Crippen molar-refractivity contribution < 1.29 is 0 Å². The first kappa shape index (κ1) is 19.3. The number of rotatable bonds is 3. The fourth-order valence-corrected chi connectivity index (χ4v) is 5.71. The van der Waals surface area contributed by atoms with E-state index in [9.17, 15) is 9.59 Å². The molecule has 1 aliphatic rings. The van der Waals surface area contributed by atoms with E-state index in [0.29, 0.717) is 22.6 Å². The van der Waals surface area contributed by atoms with Gasteiger partial charge in [0.25, 0.3) is 5.56 Å². The van der Waals surface area contributed by atoms with Crippen molar-refractivity contribution in [2.24, 2.45) is 0 Å². The van der Waals surface area contributed by atoms with Crippen LogP contribution in [-0.2, 0) is 19.4 Å². The minimum Gasteiger partial charge on any atom is -0.280 e. The van der Waals surface area contributed by atoms with Crippen molar-refractivity contribution in [3.63, 3.8) is 0 Å². The van der Waals surface area contributed by atoms with Crippen LogP contribution in [0, 0.1) is 13.8 Å². The highest BCUT2D eigenvalue weighted by Crippen LogP contribution is 2.35. The lowest BCUT2D eigenvalue weighted by atomic mass is 10.1. The van der Waals surface area contributed by atoms with E-state index in [1.54, 1.807) is 15.9 Å². The Hall–Kier alpha value is -2.63. The van der Waals surface area contributed by atoms with Gasteiger partial charge in [-0.2, -0.15) is 0 Å². The van der Waals surface area contributed by atoms with Crippen LogP contribution in [0.2, 0.25) is 5.02 Å². The molecule has 2 heterocycles. The standard InChI is InChI=1S/C24H21ClN2O2S/c1-14-6-11-18(12-15(14)2)27-22(28)21-19-4-3-5-20(19)30-23(21)26(24(27)29)13-16-7-9-17(25)10-8-16/h6-12H,3-5,13H2,1-2H3. The molecule has 0 amide bonds. The van der Waals surface area contributed by atoms with E-state index in [1.165, 1.54) is 9.44 Å². The average molecular weight is 437 g/mol. The van der Waals surface area contributed by atoms with Crippen molar-refractivity contribution in [2.45, 2.75) is 39.7 Å². The lowest BCUT2D eigenvalue weighted by Crippen LogP contribution is -2.39. The molecule has 6 heteroatoms. The van der Waals surface area contributed by atoms with Gasteiger partial charge in [0.05, 0.1) is 17.6 Å². The second-order valence-electron chi connectivity index (χ2n) is 7.94. The van der Waals surface area contributed by atoms with Crippen LogP contribution in [-0.4, -0.2) is 9.13 Å². The molecule has 0 radical (unpaired) electrons. The summed E-state index contributed by atoms with van der Waals surface area (Å²) < 4.78 is 3.09. The lowest BCUT2D eigenvalue weighted by molar-refractivity contribution is 0.718. The minimum absolute atomic E-state index is 0.204. The smallest absolute Gasteiger partial charge is 0.280 e. The number of aryl methyl sites for hydroxylation is 4. The molecule has 0 spiro atoms. The van der Waals surface area contributed by atoms with Crippen molar-refractivity contribution in [3.05, 3.63) is 95.5 Å². The third-order valence-electron chi connectivity index (χ3n) is 5.99. The number of benzene rings is 2. The van der Waals surface area contributed by atoms with E-state index in [4.69, 9.17) is 11.6 Å². The van der Waals surface area contributed by atoms with Crippen LogP contribution >= 0.6 is 22.9 Å². The molecule has 0 N–H and O–H groups in total. The van der Waals surface area contributed by atoms with Crippen LogP contribution in [0.15, 0.2) is 52.1 Å². The molecule has 5 rings (SSSR count). The summed E-state index contributed by atoms with van der Waals surface area (Å²) in [4.78, 5) is 29.2. The normalized spacial score (nSPS) is 13.2. The van der Waals surface area contributed by atoms with Crippen LogP contribution in [0.25, 0.3) is 15.9 Å². The van der Waals surface area contributed by atoms with E-state index in [2.05, 4.69) is 0 Å². The molecule has 0 fully saturated rings. The zero-order valence-electron chi connectivity index (χ0n) is 16.9. The number of fused-ring (bicyclic) bond motifs is 3. The van der Waals surface area contributed by atoms with E-state index in [1.807, 2.05) is 56.3 Å². The molecule has 2 aromatic carbocycles. The van der Waals surface area contributed by atoms with Crippen molar-refractivity contribution in [3.8, 4) is 5.69 Å². The zero-order chi connectivity index (χ0) is 21.0. The number of thiophene rings is 1. The van der Waals surface area contributed by atoms with Crippen molar-refractivity contribution in [2.75, 3.05) is 0 Å². The maximum Gasteiger partial charge on any atom is 0.337 e. The van der Waals surface area contributed by atoms with Crippen LogP contribution in [0.1, 0.15) is 33.6 Å². The first-order chi connectivity index (χ1) is 14.4. The maximum absolute atomic E-state index is 13.6. The van der Waals surface area contributed by atoms with Crippen molar-refractivity contribution in [1.82, 2.24) is 9.13 Å². The number of aromatic nitrogens is 2. The van der Waals surface area contributed by atoms with Crippen LogP contribution in [0.3, 0.4) is 0 Å². The van der Waals surface area contributed by atoms with Crippen molar-refractivity contribution >= 4 is 33.2 Å². The van der Waals surface area contributed by atoms with Gasteiger partial charge in [0.2, 0.25) is 0 Å². The predicted octanol–water partition coefficient (Wildman–Crippen LogP) is 5.02. The predicted molar refractivity (Wildman–Crippen MR) is 124 cm³/mol. The molecule has 0 saturated heterocycles. The Morgan fingerprint density at radius 1 is 1.00 bits per heavy atom. The van der Waals surface area contributed by atoms with E-state index in [-0.39, 0.29) is 11.2 Å². The monoisotopic (exact) mass is 436 g/mol. The molecule has 0 bridgehead atoms. The molecule has 4 aromatic rings. The highest BCUT2D eigenvalue weighted by molar-refractivity contribution is 7.18. The fraction of sp³-hybridized carbons (Fsp3) is 0.250. The van der Waals surface area contributed by atoms with Gasteiger partial charge in [0.15, 0.2) is 0 Å². The summed E-state index contributed by atoms with van der Waals surface area (Å²) in [7, 11) is 0. The Bertz CT molecular complexity index is 1410. The molecule has 4 nitrogen and oxygen atoms in total. The van der Waals surface area contributed by atoms with Gasteiger partial charge in [0, 0.05) is 9.90 Å². The summed E-state index contributed by atoms with van der Waals surface area (Å²) >= 11 is 7.63. The topological polar surface area (TPSA) is 44.0 Å². The summed E-state index contributed by atoms with van der Waals surface area (Å²) in [5.41, 5.74) is 4.40. The third-order valence-corrected chi connectivity index (χ3v) is 7.56. The average Bonchev–Trinajstić information content (AvgIpc) is 3.30. The van der Waals surface area contributed by atoms with Gasteiger partial charge in [-0.1, -0.05) is 29.8 Å². The molecule has 0 saturated carbocycles. The summed E-state index contributed by atoms with van der Waals surface area (Å²) in [5.74, 6) is 0. The SMILES string of the molecule is Cc1ccc(-n2c(=O)c3c4c(sc3n(Cc3ccc(Cl)cc3)c2=O)CCC4)cc1C. The first-order valence-electron chi connectivity index (χ1n) is 10.1. The molecule has 0 atom stereocenters. The molecule has 2 aromatic heterocycles. The maximum atomic E-state index is 13.6. The molecule has 30 heavy (non-hydrogen) atoms. The lowest BCUT2D eigenvalue weighted by Gasteiger charge is -2.14. The Balaban J connectivity index is 1.82. The van der Waals surface area contributed by atoms with Crippen LogP contribution < -0.4 is 11.2 Å². The minimum atomic E-state index is -0.300. The first-order valence-corrected chi connectivity index (χ1v) is 11.3. The van der Waals surface area contributed by atoms with Gasteiger partial charge in [-0.15, -0.1) is 11.3 Å². The quantitative estimate of drug-likeness (QED) is 0.452. The highest BCUT2D eigenvalue weighted by atomic mass is 35.5. The Morgan fingerprint density at radius 3 is 2.50 bits per heavy atom. The van der Waals surface area contributed by atoms with Gasteiger partial charge < -0.3 is 0 Å². The van der Waals surface area contributed by atoms with Crippen LogP contribution in [0.5, 0.6) is 0 Å². The summed E-state index contributed by atoms with van der Waals surface area (Å²) in [5, 5.41) is 1.37. The summed E-state index contributed by atoms with van der Waals surface area (Å²) in [6.07, 6.45) is 2.94. The van der Waals surface area contributed by atoms with Gasteiger partial charge >= 0.3 is 5.69 Å². The third kappa shape index (κ3) is 3.04. The number of hydrogen-bond acceptors (Lipinski definition) is 3. The Labute approximate surface area is 183 Å². The van der Waals surface area contributed by atoms with Gasteiger partial charge in [-0.3, -0.25) is 9.36 Å². The molecule has 0 unspecified atom stereocenters. The Morgan fingerprint density at radius 2 is 1.77 bits per heavy atom.